The van der Waals surface area contributed by atoms with E-state index in [9.17, 15) is 9.59 Å². The Labute approximate surface area is 112 Å². The van der Waals surface area contributed by atoms with Gasteiger partial charge in [0, 0.05) is 6.54 Å². The first kappa shape index (κ1) is 15.1. The van der Waals surface area contributed by atoms with E-state index < -0.39 is 5.97 Å². The van der Waals surface area contributed by atoms with Gasteiger partial charge in [0.1, 0.15) is 6.54 Å². The number of hydrogen-bond acceptors (Lipinski definition) is 5. The molecule has 0 aromatic carbocycles. The summed E-state index contributed by atoms with van der Waals surface area (Å²) < 4.78 is 6.38. The van der Waals surface area contributed by atoms with E-state index in [1.807, 2.05) is 20.8 Å². The Kier molecular flexibility index (Phi) is 5.47. The summed E-state index contributed by atoms with van der Waals surface area (Å²) in [6.07, 6.45) is 0. The van der Waals surface area contributed by atoms with E-state index in [0.29, 0.717) is 12.2 Å². The van der Waals surface area contributed by atoms with Crippen LogP contribution in [0.4, 0.5) is 0 Å². The van der Waals surface area contributed by atoms with Gasteiger partial charge in [-0.3, -0.25) is 4.79 Å². The maximum atomic E-state index is 11.8. The lowest BCUT2D eigenvalue weighted by Gasteiger charge is -2.10. The summed E-state index contributed by atoms with van der Waals surface area (Å²) in [6.45, 7) is 8.27. The van der Waals surface area contributed by atoms with Crippen molar-refractivity contribution in [3.8, 4) is 0 Å². The fraction of sp³-hybridized carbons (Fsp3) is 0.667. The first-order chi connectivity index (χ1) is 9.01. The molecule has 0 saturated heterocycles. The molecule has 0 unspecified atom stereocenters. The zero-order chi connectivity index (χ0) is 14.4. The van der Waals surface area contributed by atoms with Crippen LogP contribution in [0, 0.1) is 0 Å². The number of carbonyl (C=O) groups is 2. The van der Waals surface area contributed by atoms with E-state index in [1.54, 1.807) is 6.92 Å². The number of rotatable bonds is 6. The topological polar surface area (TPSA) is 86.1 Å². The second-order valence-electron chi connectivity index (χ2n) is 4.31. The van der Waals surface area contributed by atoms with Crippen LogP contribution in [0.25, 0.3) is 0 Å². The maximum Gasteiger partial charge on any atom is 0.360 e. The quantitative estimate of drug-likeness (QED) is 0.768. The van der Waals surface area contributed by atoms with Gasteiger partial charge in [0.15, 0.2) is 5.69 Å². The van der Waals surface area contributed by atoms with Crippen LogP contribution in [0.15, 0.2) is 0 Å². The van der Waals surface area contributed by atoms with Gasteiger partial charge in [-0.25, -0.2) is 9.48 Å². The normalized spacial score (nSPS) is 10.6. The predicted molar refractivity (Wildman–Crippen MR) is 68.8 cm³/mol. The molecular weight excluding hydrogens is 248 g/mol. The van der Waals surface area contributed by atoms with Crippen molar-refractivity contribution < 1.29 is 14.3 Å². The fourth-order valence-corrected chi connectivity index (χ4v) is 1.74. The van der Waals surface area contributed by atoms with Crippen molar-refractivity contribution in [1.29, 1.82) is 0 Å². The monoisotopic (exact) mass is 268 g/mol. The van der Waals surface area contributed by atoms with Crippen LogP contribution in [0.2, 0.25) is 0 Å². The zero-order valence-electron chi connectivity index (χ0n) is 11.8. The molecule has 1 N–H and O–H groups in total. The molecular formula is C12H20N4O3. The molecule has 0 radical (unpaired) electrons. The Morgan fingerprint density at radius 2 is 2.05 bits per heavy atom. The van der Waals surface area contributed by atoms with Gasteiger partial charge < -0.3 is 10.1 Å². The van der Waals surface area contributed by atoms with Crippen LogP contribution in [0.5, 0.6) is 0 Å². The second-order valence-corrected chi connectivity index (χ2v) is 4.31. The minimum absolute atomic E-state index is 0.0174. The van der Waals surface area contributed by atoms with E-state index in [4.69, 9.17) is 4.74 Å². The molecule has 0 spiro atoms. The number of nitrogens with one attached hydrogen (secondary N) is 1. The lowest BCUT2D eigenvalue weighted by molar-refractivity contribution is -0.121. The molecule has 1 aromatic heterocycles. The average molecular weight is 268 g/mol. The molecule has 1 amide bonds. The summed E-state index contributed by atoms with van der Waals surface area (Å²) in [7, 11) is 0. The number of hydrogen-bond donors (Lipinski definition) is 1. The van der Waals surface area contributed by atoms with E-state index in [-0.39, 0.29) is 30.7 Å². The number of nitrogens with zero attached hydrogens (tertiary/aromatic N) is 3. The van der Waals surface area contributed by atoms with Gasteiger partial charge in [0.05, 0.1) is 12.3 Å². The Balaban J connectivity index is 3.00. The standard InChI is InChI=1S/C12H20N4O3/c1-5-13-9(17)7-16-11(8(3)4)10(14-15-16)12(18)19-6-2/h8H,5-7H2,1-4H3,(H,13,17). The molecule has 1 rings (SSSR count). The molecule has 0 fully saturated rings. The number of carbonyl (C=O) groups excluding carboxylic acids is 2. The molecule has 0 aliphatic heterocycles. The molecule has 0 bridgehead atoms. The van der Waals surface area contributed by atoms with Crippen LogP contribution in [-0.4, -0.2) is 40.0 Å². The largest absolute Gasteiger partial charge is 0.461 e. The molecule has 1 heterocycles. The SMILES string of the molecule is CCNC(=O)Cn1nnc(C(=O)OCC)c1C(C)C. The molecule has 0 aliphatic rings. The molecule has 0 saturated carbocycles. The highest BCUT2D eigenvalue weighted by Gasteiger charge is 2.23. The summed E-state index contributed by atoms with van der Waals surface area (Å²) >= 11 is 0. The number of esters is 1. The van der Waals surface area contributed by atoms with Gasteiger partial charge in [0.2, 0.25) is 5.91 Å². The van der Waals surface area contributed by atoms with Gasteiger partial charge >= 0.3 is 5.97 Å². The zero-order valence-corrected chi connectivity index (χ0v) is 11.8. The van der Waals surface area contributed by atoms with Crippen LogP contribution in [-0.2, 0) is 16.1 Å². The predicted octanol–water partition coefficient (Wildman–Crippen LogP) is 0.714. The van der Waals surface area contributed by atoms with E-state index in [0.717, 1.165) is 0 Å². The number of ether oxygens (including phenoxy) is 1. The van der Waals surface area contributed by atoms with Crippen LogP contribution < -0.4 is 5.32 Å². The third-order valence-corrected chi connectivity index (χ3v) is 2.46. The van der Waals surface area contributed by atoms with E-state index in [1.165, 1.54) is 4.68 Å². The Bertz CT molecular complexity index is 454. The molecule has 7 nitrogen and oxygen atoms in total. The van der Waals surface area contributed by atoms with Gasteiger partial charge in [-0.2, -0.15) is 0 Å². The Morgan fingerprint density at radius 3 is 2.58 bits per heavy atom. The lowest BCUT2D eigenvalue weighted by atomic mass is 10.1. The molecule has 19 heavy (non-hydrogen) atoms. The molecule has 1 aromatic rings. The van der Waals surface area contributed by atoms with Gasteiger partial charge in [0.25, 0.3) is 0 Å². The smallest absolute Gasteiger partial charge is 0.360 e. The van der Waals surface area contributed by atoms with Gasteiger partial charge in [-0.15, -0.1) is 5.10 Å². The first-order valence-corrected chi connectivity index (χ1v) is 6.38. The summed E-state index contributed by atoms with van der Waals surface area (Å²) in [6, 6.07) is 0. The average Bonchev–Trinajstić information content (AvgIpc) is 2.73. The maximum absolute atomic E-state index is 11.8. The summed E-state index contributed by atoms with van der Waals surface area (Å²) in [5.74, 6) is -0.651. The number of likely N-dealkylation sites (N-methyl/N-ethyl adjacent to an activating group) is 1. The molecule has 0 aliphatic carbocycles. The summed E-state index contributed by atoms with van der Waals surface area (Å²) in [5.41, 5.74) is 0.797. The fourth-order valence-electron chi connectivity index (χ4n) is 1.74. The van der Waals surface area contributed by atoms with Crippen molar-refractivity contribution in [2.75, 3.05) is 13.2 Å². The van der Waals surface area contributed by atoms with Crippen LogP contribution in [0.1, 0.15) is 49.8 Å². The minimum atomic E-state index is -0.506. The highest BCUT2D eigenvalue weighted by atomic mass is 16.5. The van der Waals surface area contributed by atoms with Crippen molar-refractivity contribution in [1.82, 2.24) is 20.3 Å². The van der Waals surface area contributed by atoms with Crippen molar-refractivity contribution in [3.05, 3.63) is 11.4 Å². The highest BCUT2D eigenvalue weighted by Crippen LogP contribution is 2.18. The van der Waals surface area contributed by atoms with Crippen molar-refractivity contribution in [2.45, 2.75) is 40.2 Å². The van der Waals surface area contributed by atoms with Crippen molar-refractivity contribution >= 4 is 11.9 Å². The first-order valence-electron chi connectivity index (χ1n) is 6.38. The van der Waals surface area contributed by atoms with Crippen LogP contribution >= 0.6 is 0 Å². The van der Waals surface area contributed by atoms with Crippen molar-refractivity contribution in [2.24, 2.45) is 0 Å². The van der Waals surface area contributed by atoms with Gasteiger partial charge in [-0.1, -0.05) is 19.1 Å². The number of aromatic nitrogens is 3. The summed E-state index contributed by atoms with van der Waals surface area (Å²) in [4.78, 5) is 23.3. The Hall–Kier alpha value is -1.92. The van der Waals surface area contributed by atoms with E-state index in [2.05, 4.69) is 15.6 Å². The lowest BCUT2D eigenvalue weighted by Crippen LogP contribution is -2.28. The summed E-state index contributed by atoms with van der Waals surface area (Å²) in [5, 5.41) is 10.4. The molecule has 106 valence electrons. The third-order valence-electron chi connectivity index (χ3n) is 2.46. The number of amides is 1. The Morgan fingerprint density at radius 1 is 1.37 bits per heavy atom. The third kappa shape index (κ3) is 3.77. The van der Waals surface area contributed by atoms with Gasteiger partial charge in [-0.05, 0) is 19.8 Å². The van der Waals surface area contributed by atoms with Crippen molar-refractivity contribution in [3.63, 3.8) is 0 Å². The molecule has 0 atom stereocenters. The second kappa shape index (κ2) is 6.86. The highest BCUT2D eigenvalue weighted by molar-refractivity contribution is 5.88. The molecule has 7 heteroatoms. The van der Waals surface area contributed by atoms with E-state index >= 15 is 0 Å². The minimum Gasteiger partial charge on any atom is -0.461 e. The van der Waals surface area contributed by atoms with Crippen LogP contribution in [0.3, 0.4) is 0 Å².